The molecule has 0 aliphatic heterocycles. The van der Waals surface area contributed by atoms with Crippen molar-refractivity contribution in [3.05, 3.63) is 66.4 Å². The third-order valence-corrected chi connectivity index (χ3v) is 3.74. The Morgan fingerprint density at radius 2 is 1.92 bits per heavy atom. The van der Waals surface area contributed by atoms with Gasteiger partial charge in [0.05, 0.1) is 25.4 Å². The molecule has 5 heteroatoms. The standard InChI is InChI=1S/C20H18N2O3/c1-24-16-9-10-18(25-2)15(13-16)8-11-19(23)22-17-7-3-5-14-6-4-12-21-20(14)17/h3-13H,1-2H3,(H,22,23)/b11-8+. The molecular formula is C20H18N2O3. The molecule has 1 heterocycles. The summed E-state index contributed by atoms with van der Waals surface area (Å²) < 4.78 is 10.5. The van der Waals surface area contributed by atoms with Crippen molar-refractivity contribution < 1.29 is 14.3 Å². The minimum Gasteiger partial charge on any atom is -0.497 e. The van der Waals surface area contributed by atoms with Crippen LogP contribution in [0.1, 0.15) is 5.56 Å². The van der Waals surface area contributed by atoms with E-state index in [1.807, 2.05) is 36.4 Å². The zero-order chi connectivity index (χ0) is 17.6. The molecule has 1 N–H and O–H groups in total. The molecule has 0 atom stereocenters. The number of para-hydroxylation sites is 1. The lowest BCUT2D eigenvalue weighted by Gasteiger charge is -2.08. The summed E-state index contributed by atoms with van der Waals surface area (Å²) in [7, 11) is 3.18. The molecule has 0 spiro atoms. The van der Waals surface area contributed by atoms with E-state index in [-0.39, 0.29) is 5.91 Å². The number of hydrogen-bond acceptors (Lipinski definition) is 4. The molecule has 0 radical (unpaired) electrons. The van der Waals surface area contributed by atoms with E-state index >= 15 is 0 Å². The van der Waals surface area contributed by atoms with Crippen molar-refractivity contribution in [2.45, 2.75) is 0 Å². The van der Waals surface area contributed by atoms with Gasteiger partial charge in [0, 0.05) is 23.2 Å². The van der Waals surface area contributed by atoms with Gasteiger partial charge in [-0.15, -0.1) is 0 Å². The molecule has 0 saturated heterocycles. The van der Waals surface area contributed by atoms with Gasteiger partial charge in [-0.25, -0.2) is 0 Å². The van der Waals surface area contributed by atoms with E-state index in [9.17, 15) is 4.79 Å². The van der Waals surface area contributed by atoms with E-state index in [4.69, 9.17) is 9.47 Å². The molecule has 0 aliphatic carbocycles. The van der Waals surface area contributed by atoms with Crippen LogP contribution < -0.4 is 14.8 Å². The average molecular weight is 334 g/mol. The molecule has 3 aromatic rings. The van der Waals surface area contributed by atoms with E-state index in [1.54, 1.807) is 38.6 Å². The molecule has 0 fully saturated rings. The quantitative estimate of drug-likeness (QED) is 0.719. The van der Waals surface area contributed by atoms with Crippen molar-refractivity contribution >= 4 is 28.6 Å². The Balaban J connectivity index is 1.81. The van der Waals surface area contributed by atoms with Crippen LogP contribution in [0, 0.1) is 0 Å². The van der Waals surface area contributed by atoms with E-state index in [2.05, 4.69) is 10.3 Å². The van der Waals surface area contributed by atoms with Crippen LogP contribution in [0.2, 0.25) is 0 Å². The summed E-state index contributed by atoms with van der Waals surface area (Å²) in [6, 6.07) is 14.9. The molecule has 25 heavy (non-hydrogen) atoms. The second kappa shape index (κ2) is 7.49. The zero-order valence-corrected chi connectivity index (χ0v) is 14.0. The summed E-state index contributed by atoms with van der Waals surface area (Å²) in [6.45, 7) is 0. The number of pyridine rings is 1. The number of carbonyl (C=O) groups is 1. The van der Waals surface area contributed by atoms with Crippen LogP contribution in [-0.2, 0) is 4.79 Å². The zero-order valence-electron chi connectivity index (χ0n) is 14.0. The van der Waals surface area contributed by atoms with Gasteiger partial charge in [-0.3, -0.25) is 9.78 Å². The number of carbonyl (C=O) groups excluding carboxylic acids is 1. The number of fused-ring (bicyclic) bond motifs is 1. The van der Waals surface area contributed by atoms with Crippen molar-refractivity contribution in [2.24, 2.45) is 0 Å². The highest BCUT2D eigenvalue weighted by Gasteiger charge is 2.06. The van der Waals surface area contributed by atoms with Crippen molar-refractivity contribution in [1.29, 1.82) is 0 Å². The average Bonchev–Trinajstić information content (AvgIpc) is 2.66. The van der Waals surface area contributed by atoms with E-state index in [0.717, 1.165) is 16.5 Å². The van der Waals surface area contributed by atoms with Gasteiger partial charge in [-0.2, -0.15) is 0 Å². The summed E-state index contributed by atoms with van der Waals surface area (Å²) in [4.78, 5) is 16.6. The fourth-order valence-electron chi connectivity index (χ4n) is 2.51. The van der Waals surface area contributed by atoms with Crippen LogP contribution in [0.25, 0.3) is 17.0 Å². The topological polar surface area (TPSA) is 60.5 Å². The second-order valence-corrected chi connectivity index (χ2v) is 5.31. The summed E-state index contributed by atoms with van der Waals surface area (Å²) in [5.41, 5.74) is 2.18. The molecule has 2 aromatic carbocycles. The smallest absolute Gasteiger partial charge is 0.248 e. The normalized spacial score (nSPS) is 10.8. The third-order valence-electron chi connectivity index (χ3n) is 3.74. The summed E-state index contributed by atoms with van der Waals surface area (Å²) in [5.74, 6) is 1.11. The number of nitrogens with zero attached hydrogens (tertiary/aromatic N) is 1. The first-order chi connectivity index (χ1) is 12.2. The number of methoxy groups -OCH3 is 2. The monoisotopic (exact) mass is 334 g/mol. The minimum atomic E-state index is -0.247. The van der Waals surface area contributed by atoms with Gasteiger partial charge in [0.2, 0.25) is 5.91 Å². The number of hydrogen-bond donors (Lipinski definition) is 1. The number of ether oxygens (including phenoxy) is 2. The van der Waals surface area contributed by atoms with Gasteiger partial charge in [0.25, 0.3) is 0 Å². The fourth-order valence-corrected chi connectivity index (χ4v) is 2.51. The van der Waals surface area contributed by atoms with E-state index in [0.29, 0.717) is 17.2 Å². The number of anilines is 1. The Morgan fingerprint density at radius 1 is 1.08 bits per heavy atom. The lowest BCUT2D eigenvalue weighted by Crippen LogP contribution is -2.08. The van der Waals surface area contributed by atoms with Crippen LogP contribution in [0.4, 0.5) is 5.69 Å². The number of rotatable bonds is 5. The van der Waals surface area contributed by atoms with Gasteiger partial charge >= 0.3 is 0 Å². The molecule has 126 valence electrons. The van der Waals surface area contributed by atoms with Gasteiger partial charge in [-0.1, -0.05) is 18.2 Å². The Morgan fingerprint density at radius 3 is 2.72 bits per heavy atom. The van der Waals surface area contributed by atoms with Gasteiger partial charge in [-0.05, 0) is 36.4 Å². The van der Waals surface area contributed by atoms with Crippen LogP contribution in [0.3, 0.4) is 0 Å². The molecule has 3 rings (SSSR count). The van der Waals surface area contributed by atoms with Crippen molar-refractivity contribution in [1.82, 2.24) is 4.98 Å². The van der Waals surface area contributed by atoms with Gasteiger partial charge < -0.3 is 14.8 Å². The first-order valence-corrected chi connectivity index (χ1v) is 7.76. The number of aromatic nitrogens is 1. The molecule has 1 amide bonds. The maximum Gasteiger partial charge on any atom is 0.248 e. The second-order valence-electron chi connectivity index (χ2n) is 5.31. The van der Waals surface area contributed by atoms with Crippen molar-refractivity contribution in [2.75, 3.05) is 19.5 Å². The molecule has 0 aliphatic rings. The van der Waals surface area contributed by atoms with Gasteiger partial charge in [0.15, 0.2) is 0 Å². The predicted octanol–water partition coefficient (Wildman–Crippen LogP) is 3.90. The van der Waals surface area contributed by atoms with Crippen molar-refractivity contribution in [3.63, 3.8) is 0 Å². The summed E-state index contributed by atoms with van der Waals surface area (Å²) in [5, 5.41) is 3.83. The van der Waals surface area contributed by atoms with E-state index in [1.165, 1.54) is 6.08 Å². The Labute approximate surface area is 145 Å². The number of benzene rings is 2. The van der Waals surface area contributed by atoms with Crippen LogP contribution in [0.15, 0.2) is 60.8 Å². The Kier molecular flexibility index (Phi) is 4.95. The highest BCUT2D eigenvalue weighted by atomic mass is 16.5. The van der Waals surface area contributed by atoms with Crippen LogP contribution in [-0.4, -0.2) is 25.1 Å². The fraction of sp³-hybridized carbons (Fsp3) is 0.100. The van der Waals surface area contributed by atoms with Crippen molar-refractivity contribution in [3.8, 4) is 11.5 Å². The Bertz CT molecular complexity index is 930. The summed E-state index contributed by atoms with van der Waals surface area (Å²) >= 11 is 0. The first kappa shape index (κ1) is 16.5. The molecule has 5 nitrogen and oxygen atoms in total. The molecule has 0 saturated carbocycles. The lowest BCUT2D eigenvalue weighted by atomic mass is 10.1. The predicted molar refractivity (Wildman–Crippen MR) is 99.0 cm³/mol. The summed E-state index contributed by atoms with van der Waals surface area (Å²) in [6.07, 6.45) is 4.85. The molecule has 0 unspecified atom stereocenters. The Hall–Kier alpha value is -3.34. The number of amides is 1. The third kappa shape index (κ3) is 3.77. The van der Waals surface area contributed by atoms with Gasteiger partial charge in [0.1, 0.15) is 11.5 Å². The molecule has 1 aromatic heterocycles. The lowest BCUT2D eigenvalue weighted by molar-refractivity contribution is -0.111. The van der Waals surface area contributed by atoms with Crippen LogP contribution in [0.5, 0.6) is 11.5 Å². The largest absolute Gasteiger partial charge is 0.497 e. The SMILES string of the molecule is COc1ccc(OC)c(/C=C/C(=O)Nc2cccc3cccnc23)c1. The maximum absolute atomic E-state index is 12.3. The van der Waals surface area contributed by atoms with E-state index < -0.39 is 0 Å². The molecule has 0 bridgehead atoms. The highest BCUT2D eigenvalue weighted by molar-refractivity contribution is 6.06. The molecular weight excluding hydrogens is 316 g/mol. The first-order valence-electron chi connectivity index (χ1n) is 7.76. The maximum atomic E-state index is 12.3. The minimum absolute atomic E-state index is 0.247. The van der Waals surface area contributed by atoms with Crippen LogP contribution >= 0.6 is 0 Å². The highest BCUT2D eigenvalue weighted by Crippen LogP contribution is 2.25. The number of nitrogens with one attached hydrogen (secondary N) is 1.